The molecular formula is C17H20N2O5. The van der Waals surface area contributed by atoms with Crippen LogP contribution in [0.2, 0.25) is 0 Å². The molecule has 2 rings (SSSR count). The Hall–Kier alpha value is -2.96. The molecule has 1 heterocycles. The molecule has 128 valence electrons. The van der Waals surface area contributed by atoms with E-state index >= 15 is 0 Å². The molecule has 0 radical (unpaired) electrons. The number of carbonyl (C=O) groups excluding carboxylic acids is 1. The third kappa shape index (κ3) is 4.07. The monoisotopic (exact) mass is 332 g/mol. The summed E-state index contributed by atoms with van der Waals surface area (Å²) in [5.41, 5.74) is 1.62. The number of ether oxygens (including phenoxy) is 4. The van der Waals surface area contributed by atoms with Crippen molar-refractivity contribution in [1.82, 2.24) is 9.78 Å². The van der Waals surface area contributed by atoms with E-state index in [1.165, 1.54) is 20.5 Å². The van der Waals surface area contributed by atoms with Gasteiger partial charge in [-0.1, -0.05) is 6.07 Å². The molecule has 0 bridgehead atoms. The molecule has 0 saturated heterocycles. The van der Waals surface area contributed by atoms with E-state index in [0.717, 1.165) is 11.3 Å². The van der Waals surface area contributed by atoms with Gasteiger partial charge in [-0.25, -0.2) is 9.48 Å². The molecule has 0 N–H and O–H groups in total. The van der Waals surface area contributed by atoms with E-state index < -0.39 is 5.97 Å². The van der Waals surface area contributed by atoms with E-state index in [-0.39, 0.29) is 5.76 Å². The van der Waals surface area contributed by atoms with Crippen molar-refractivity contribution >= 4 is 5.97 Å². The van der Waals surface area contributed by atoms with Gasteiger partial charge in [-0.05, 0) is 25.5 Å². The molecule has 0 aliphatic rings. The topological polar surface area (TPSA) is 71.8 Å². The summed E-state index contributed by atoms with van der Waals surface area (Å²) in [5.74, 6) is 0.500. The Morgan fingerprint density at radius 1 is 1.33 bits per heavy atom. The molecule has 0 aliphatic carbocycles. The lowest BCUT2D eigenvalue weighted by Gasteiger charge is -2.12. The van der Waals surface area contributed by atoms with Crippen molar-refractivity contribution < 1.29 is 23.7 Å². The fourth-order valence-electron chi connectivity index (χ4n) is 1.97. The van der Waals surface area contributed by atoms with Crippen molar-refractivity contribution in [3.63, 3.8) is 0 Å². The van der Waals surface area contributed by atoms with E-state index in [9.17, 15) is 4.79 Å². The van der Waals surface area contributed by atoms with Gasteiger partial charge in [0.15, 0.2) is 5.75 Å². The summed E-state index contributed by atoms with van der Waals surface area (Å²) in [6.07, 6.45) is 4.60. The van der Waals surface area contributed by atoms with Gasteiger partial charge in [-0.3, -0.25) is 0 Å². The van der Waals surface area contributed by atoms with E-state index in [1.54, 1.807) is 23.1 Å². The highest BCUT2D eigenvalue weighted by Crippen LogP contribution is 2.25. The first-order chi connectivity index (χ1) is 11.6. The molecule has 7 heteroatoms. The van der Waals surface area contributed by atoms with Crippen LogP contribution in [-0.2, 0) is 14.3 Å². The van der Waals surface area contributed by atoms with Gasteiger partial charge in [0.05, 0.1) is 38.9 Å². The number of hydrogen-bond acceptors (Lipinski definition) is 6. The SMILES string of the molecule is CCOc1cnn(-c2ccc(C)c(O/C(=C\OC)C(=O)OC)c2)c1. The Kier molecular flexibility index (Phi) is 5.83. The van der Waals surface area contributed by atoms with Crippen LogP contribution in [0.5, 0.6) is 11.5 Å². The number of aromatic nitrogens is 2. The number of esters is 1. The molecule has 7 nitrogen and oxygen atoms in total. The van der Waals surface area contributed by atoms with Crippen molar-refractivity contribution in [3.8, 4) is 17.2 Å². The Balaban J connectivity index is 2.30. The highest BCUT2D eigenvalue weighted by atomic mass is 16.6. The second kappa shape index (κ2) is 8.05. The Labute approximate surface area is 140 Å². The summed E-state index contributed by atoms with van der Waals surface area (Å²) >= 11 is 0. The summed E-state index contributed by atoms with van der Waals surface area (Å²) in [5, 5.41) is 4.25. The summed E-state index contributed by atoms with van der Waals surface area (Å²) in [4.78, 5) is 11.7. The largest absolute Gasteiger partial charge is 0.500 e. The molecule has 0 unspecified atom stereocenters. The maximum Gasteiger partial charge on any atom is 0.377 e. The second-order valence-corrected chi connectivity index (χ2v) is 4.81. The normalized spacial score (nSPS) is 11.1. The first-order valence-electron chi connectivity index (χ1n) is 7.36. The standard InChI is InChI=1S/C17H20N2O5/c1-5-23-14-9-18-19(10-14)13-7-6-12(2)15(8-13)24-16(11-21-3)17(20)22-4/h6-11H,5H2,1-4H3/b16-11-. The predicted molar refractivity (Wildman–Crippen MR) is 87.2 cm³/mol. The van der Waals surface area contributed by atoms with E-state index in [4.69, 9.17) is 14.2 Å². The van der Waals surface area contributed by atoms with Gasteiger partial charge in [0.25, 0.3) is 0 Å². The second-order valence-electron chi connectivity index (χ2n) is 4.81. The van der Waals surface area contributed by atoms with Gasteiger partial charge in [0.2, 0.25) is 5.76 Å². The van der Waals surface area contributed by atoms with Crippen LogP contribution in [-0.4, -0.2) is 36.6 Å². The van der Waals surface area contributed by atoms with Crippen LogP contribution in [0.3, 0.4) is 0 Å². The minimum atomic E-state index is -0.626. The third-order valence-corrected chi connectivity index (χ3v) is 3.14. The van der Waals surface area contributed by atoms with Crippen LogP contribution in [0.1, 0.15) is 12.5 Å². The van der Waals surface area contributed by atoms with Crippen LogP contribution in [0, 0.1) is 6.92 Å². The number of nitrogens with zero attached hydrogens (tertiary/aromatic N) is 2. The quantitative estimate of drug-likeness (QED) is 0.441. The van der Waals surface area contributed by atoms with Crippen molar-refractivity contribution in [3.05, 3.63) is 48.2 Å². The number of carbonyl (C=O) groups is 1. The number of benzene rings is 1. The van der Waals surface area contributed by atoms with Crippen LogP contribution < -0.4 is 9.47 Å². The average molecular weight is 332 g/mol. The summed E-state index contributed by atoms with van der Waals surface area (Å²) in [7, 11) is 2.70. The highest BCUT2D eigenvalue weighted by Gasteiger charge is 2.15. The van der Waals surface area contributed by atoms with Crippen LogP contribution >= 0.6 is 0 Å². The van der Waals surface area contributed by atoms with Crippen molar-refractivity contribution in [2.45, 2.75) is 13.8 Å². The number of aryl methyl sites for hydroxylation is 1. The summed E-state index contributed by atoms with van der Waals surface area (Å²) in [6, 6.07) is 5.53. The maximum absolute atomic E-state index is 11.7. The lowest BCUT2D eigenvalue weighted by Crippen LogP contribution is -2.12. The van der Waals surface area contributed by atoms with E-state index in [0.29, 0.717) is 18.1 Å². The average Bonchev–Trinajstić information content (AvgIpc) is 3.04. The highest BCUT2D eigenvalue weighted by molar-refractivity contribution is 5.86. The fraction of sp³-hybridized carbons (Fsp3) is 0.294. The zero-order chi connectivity index (χ0) is 17.5. The molecule has 0 aliphatic heterocycles. The van der Waals surface area contributed by atoms with Gasteiger partial charge in [-0.2, -0.15) is 5.10 Å². The van der Waals surface area contributed by atoms with Gasteiger partial charge in [0.1, 0.15) is 12.0 Å². The van der Waals surface area contributed by atoms with Gasteiger partial charge in [-0.15, -0.1) is 0 Å². The third-order valence-electron chi connectivity index (χ3n) is 3.14. The molecule has 2 aromatic rings. The molecule has 0 atom stereocenters. The number of hydrogen-bond donors (Lipinski definition) is 0. The summed E-state index contributed by atoms with van der Waals surface area (Å²) in [6.45, 7) is 4.35. The van der Waals surface area contributed by atoms with Crippen molar-refractivity contribution in [1.29, 1.82) is 0 Å². The van der Waals surface area contributed by atoms with Crippen molar-refractivity contribution in [2.24, 2.45) is 0 Å². The maximum atomic E-state index is 11.7. The molecule has 24 heavy (non-hydrogen) atoms. The Bertz CT molecular complexity index is 736. The van der Waals surface area contributed by atoms with Gasteiger partial charge in [0, 0.05) is 6.07 Å². The first-order valence-corrected chi connectivity index (χ1v) is 7.36. The minimum Gasteiger partial charge on any atom is -0.500 e. The lowest BCUT2D eigenvalue weighted by atomic mass is 10.2. The van der Waals surface area contributed by atoms with Crippen molar-refractivity contribution in [2.75, 3.05) is 20.8 Å². The number of rotatable bonds is 7. The molecule has 1 aromatic carbocycles. The van der Waals surface area contributed by atoms with Gasteiger partial charge >= 0.3 is 5.97 Å². The van der Waals surface area contributed by atoms with Crippen LogP contribution in [0.4, 0.5) is 0 Å². The zero-order valence-electron chi connectivity index (χ0n) is 14.1. The minimum absolute atomic E-state index is 0.0456. The molecule has 0 spiro atoms. The Morgan fingerprint density at radius 3 is 2.79 bits per heavy atom. The van der Waals surface area contributed by atoms with Crippen LogP contribution in [0.25, 0.3) is 5.69 Å². The Morgan fingerprint density at radius 2 is 2.12 bits per heavy atom. The summed E-state index contributed by atoms with van der Waals surface area (Å²) < 4.78 is 22.2. The molecule has 1 aromatic heterocycles. The molecule has 0 amide bonds. The zero-order valence-corrected chi connectivity index (χ0v) is 14.1. The molecule has 0 saturated carbocycles. The smallest absolute Gasteiger partial charge is 0.377 e. The lowest BCUT2D eigenvalue weighted by molar-refractivity contribution is -0.138. The molecular weight excluding hydrogens is 312 g/mol. The van der Waals surface area contributed by atoms with E-state index in [2.05, 4.69) is 9.84 Å². The fourth-order valence-corrected chi connectivity index (χ4v) is 1.97. The predicted octanol–water partition coefficient (Wildman–Crippen LogP) is 2.62. The van der Waals surface area contributed by atoms with Crippen LogP contribution in [0.15, 0.2) is 42.6 Å². The number of methoxy groups -OCH3 is 2. The van der Waals surface area contributed by atoms with E-state index in [1.807, 2.05) is 26.0 Å². The molecule has 0 fully saturated rings. The first kappa shape index (κ1) is 17.4. The van der Waals surface area contributed by atoms with Gasteiger partial charge < -0.3 is 18.9 Å².